The minimum Gasteiger partial charge on any atom is -0.495 e. The standard InChI is InChI=1S/C24H27N3O2/c1-17-15-27(16-25-17)22-12-11-20(14-23(22)29-2)24(28)26-21-10-6-9-19(21)13-18-7-4-3-5-8-18/h3-5,7-8,11-12,14-16,19,21H,6,9-10,13H2,1-2H3,(H,26,28). The maximum Gasteiger partial charge on any atom is 0.251 e. The molecule has 5 heteroatoms. The van der Waals surface area contributed by atoms with Crippen molar-refractivity contribution in [1.82, 2.24) is 14.9 Å². The van der Waals surface area contributed by atoms with Crippen molar-refractivity contribution in [2.24, 2.45) is 5.92 Å². The number of hydrogen-bond acceptors (Lipinski definition) is 3. The number of nitrogens with zero attached hydrogens (tertiary/aromatic N) is 2. The second-order valence-corrected chi connectivity index (χ2v) is 7.77. The summed E-state index contributed by atoms with van der Waals surface area (Å²) in [6.07, 6.45) is 8.04. The van der Waals surface area contributed by atoms with Crippen molar-refractivity contribution >= 4 is 5.91 Å². The number of amides is 1. The lowest BCUT2D eigenvalue weighted by Crippen LogP contribution is -2.38. The third-order valence-corrected chi connectivity index (χ3v) is 5.75. The number of aromatic nitrogens is 2. The zero-order valence-corrected chi connectivity index (χ0v) is 17.0. The summed E-state index contributed by atoms with van der Waals surface area (Å²) in [5.41, 5.74) is 3.75. The quantitative estimate of drug-likeness (QED) is 0.683. The predicted octanol–water partition coefficient (Wildman–Crippen LogP) is 4.33. The summed E-state index contributed by atoms with van der Waals surface area (Å²) in [5, 5.41) is 3.27. The molecular weight excluding hydrogens is 362 g/mol. The maximum atomic E-state index is 12.9. The molecule has 4 rings (SSSR count). The smallest absolute Gasteiger partial charge is 0.251 e. The molecule has 150 valence electrons. The van der Waals surface area contributed by atoms with Crippen LogP contribution in [0, 0.1) is 12.8 Å². The van der Waals surface area contributed by atoms with Gasteiger partial charge in [0.2, 0.25) is 0 Å². The molecule has 0 aliphatic heterocycles. The summed E-state index contributed by atoms with van der Waals surface area (Å²) in [6, 6.07) is 16.3. The van der Waals surface area contributed by atoms with E-state index in [1.807, 2.05) is 35.9 Å². The number of aryl methyl sites for hydroxylation is 1. The van der Waals surface area contributed by atoms with Crippen LogP contribution < -0.4 is 10.1 Å². The fourth-order valence-corrected chi connectivity index (χ4v) is 4.22. The van der Waals surface area contributed by atoms with Crippen LogP contribution >= 0.6 is 0 Å². The van der Waals surface area contributed by atoms with Gasteiger partial charge in [0.1, 0.15) is 5.75 Å². The lowest BCUT2D eigenvalue weighted by atomic mass is 9.94. The lowest BCUT2D eigenvalue weighted by molar-refractivity contribution is 0.0927. The van der Waals surface area contributed by atoms with Crippen LogP contribution in [0.5, 0.6) is 5.75 Å². The van der Waals surface area contributed by atoms with Gasteiger partial charge in [-0.15, -0.1) is 0 Å². The van der Waals surface area contributed by atoms with Gasteiger partial charge < -0.3 is 14.6 Å². The Kier molecular flexibility index (Phi) is 5.65. The van der Waals surface area contributed by atoms with Crippen LogP contribution in [0.1, 0.15) is 40.9 Å². The molecule has 3 aromatic rings. The third kappa shape index (κ3) is 4.34. The number of rotatable bonds is 6. The van der Waals surface area contributed by atoms with Crippen molar-refractivity contribution in [1.29, 1.82) is 0 Å². The van der Waals surface area contributed by atoms with Gasteiger partial charge in [-0.2, -0.15) is 0 Å². The molecule has 2 aromatic carbocycles. The Morgan fingerprint density at radius 2 is 2.03 bits per heavy atom. The second kappa shape index (κ2) is 8.52. The molecule has 1 saturated carbocycles. The monoisotopic (exact) mass is 389 g/mol. The zero-order chi connectivity index (χ0) is 20.2. The van der Waals surface area contributed by atoms with Crippen molar-refractivity contribution in [2.45, 2.75) is 38.6 Å². The number of imidazole rings is 1. The van der Waals surface area contributed by atoms with E-state index in [0.29, 0.717) is 17.2 Å². The highest BCUT2D eigenvalue weighted by Crippen LogP contribution is 2.30. The van der Waals surface area contributed by atoms with Crippen LogP contribution in [0.3, 0.4) is 0 Å². The highest BCUT2D eigenvalue weighted by molar-refractivity contribution is 5.95. The molecule has 5 nitrogen and oxygen atoms in total. The van der Waals surface area contributed by atoms with Crippen LogP contribution in [0.4, 0.5) is 0 Å². The number of benzene rings is 2. The Bertz CT molecular complexity index is 981. The molecule has 1 fully saturated rings. The largest absolute Gasteiger partial charge is 0.495 e. The van der Waals surface area contributed by atoms with Crippen molar-refractivity contribution in [3.05, 3.63) is 77.9 Å². The average Bonchev–Trinajstić information content (AvgIpc) is 3.37. The first-order chi connectivity index (χ1) is 14.1. The average molecular weight is 389 g/mol. The van der Waals surface area contributed by atoms with Crippen LogP contribution in [-0.4, -0.2) is 28.6 Å². The van der Waals surface area contributed by atoms with E-state index in [2.05, 4.69) is 34.6 Å². The molecule has 1 aliphatic rings. The van der Waals surface area contributed by atoms with E-state index < -0.39 is 0 Å². The molecule has 1 N–H and O–H groups in total. The first-order valence-corrected chi connectivity index (χ1v) is 10.2. The molecule has 29 heavy (non-hydrogen) atoms. The molecule has 1 heterocycles. The van der Waals surface area contributed by atoms with Gasteiger partial charge in [-0.05, 0) is 55.9 Å². The van der Waals surface area contributed by atoms with Crippen molar-refractivity contribution < 1.29 is 9.53 Å². The summed E-state index contributed by atoms with van der Waals surface area (Å²) in [7, 11) is 1.62. The number of hydrogen-bond donors (Lipinski definition) is 1. The minimum absolute atomic E-state index is 0.0402. The molecule has 1 aliphatic carbocycles. The van der Waals surface area contributed by atoms with Crippen LogP contribution in [0.15, 0.2) is 61.1 Å². The van der Waals surface area contributed by atoms with E-state index in [9.17, 15) is 4.79 Å². The first kappa shape index (κ1) is 19.2. The summed E-state index contributed by atoms with van der Waals surface area (Å²) in [6.45, 7) is 1.94. The van der Waals surface area contributed by atoms with Gasteiger partial charge in [0, 0.05) is 17.8 Å². The Morgan fingerprint density at radius 3 is 2.76 bits per heavy atom. The Labute approximate surface area is 171 Å². The van der Waals surface area contributed by atoms with Gasteiger partial charge in [-0.25, -0.2) is 4.98 Å². The number of nitrogens with one attached hydrogen (secondary N) is 1. The Balaban J connectivity index is 1.47. The van der Waals surface area contributed by atoms with E-state index in [1.165, 1.54) is 5.56 Å². The Morgan fingerprint density at radius 1 is 1.21 bits per heavy atom. The summed E-state index contributed by atoms with van der Waals surface area (Å²) >= 11 is 0. The van der Waals surface area contributed by atoms with Gasteiger partial charge in [0.15, 0.2) is 0 Å². The topological polar surface area (TPSA) is 56.1 Å². The molecule has 0 saturated heterocycles. The van der Waals surface area contributed by atoms with E-state index in [-0.39, 0.29) is 11.9 Å². The summed E-state index contributed by atoms with van der Waals surface area (Å²) in [5.74, 6) is 1.10. The predicted molar refractivity (Wildman–Crippen MR) is 114 cm³/mol. The number of methoxy groups -OCH3 is 1. The molecule has 2 atom stereocenters. The van der Waals surface area contributed by atoms with Crippen LogP contribution in [0.2, 0.25) is 0 Å². The van der Waals surface area contributed by atoms with E-state index in [4.69, 9.17) is 4.74 Å². The third-order valence-electron chi connectivity index (χ3n) is 5.75. The van der Waals surface area contributed by atoms with E-state index >= 15 is 0 Å². The van der Waals surface area contributed by atoms with Gasteiger partial charge in [-0.3, -0.25) is 4.79 Å². The van der Waals surface area contributed by atoms with Gasteiger partial charge in [-0.1, -0.05) is 36.8 Å². The van der Waals surface area contributed by atoms with E-state index in [0.717, 1.165) is 37.1 Å². The van der Waals surface area contributed by atoms with Crippen molar-refractivity contribution in [3.63, 3.8) is 0 Å². The van der Waals surface area contributed by atoms with Crippen LogP contribution in [-0.2, 0) is 6.42 Å². The number of carbonyl (C=O) groups excluding carboxylic acids is 1. The van der Waals surface area contributed by atoms with Gasteiger partial charge in [0.25, 0.3) is 5.91 Å². The molecule has 0 bridgehead atoms. The molecule has 0 spiro atoms. The molecule has 1 aromatic heterocycles. The first-order valence-electron chi connectivity index (χ1n) is 10.2. The van der Waals surface area contributed by atoms with Crippen LogP contribution in [0.25, 0.3) is 5.69 Å². The fraction of sp³-hybridized carbons (Fsp3) is 0.333. The van der Waals surface area contributed by atoms with Gasteiger partial charge in [0.05, 0.1) is 24.8 Å². The van der Waals surface area contributed by atoms with Crippen molar-refractivity contribution in [2.75, 3.05) is 7.11 Å². The minimum atomic E-state index is -0.0402. The lowest BCUT2D eigenvalue weighted by Gasteiger charge is -2.21. The summed E-state index contributed by atoms with van der Waals surface area (Å²) in [4.78, 5) is 17.2. The zero-order valence-electron chi connectivity index (χ0n) is 17.0. The SMILES string of the molecule is COc1cc(C(=O)NC2CCCC2Cc2ccccc2)ccc1-n1cnc(C)c1. The van der Waals surface area contributed by atoms with Crippen molar-refractivity contribution in [3.8, 4) is 11.4 Å². The highest BCUT2D eigenvalue weighted by Gasteiger charge is 2.29. The second-order valence-electron chi connectivity index (χ2n) is 7.77. The van der Waals surface area contributed by atoms with E-state index in [1.54, 1.807) is 19.5 Å². The fourth-order valence-electron chi connectivity index (χ4n) is 4.22. The molecule has 2 unspecified atom stereocenters. The summed E-state index contributed by atoms with van der Waals surface area (Å²) < 4.78 is 7.45. The molecule has 0 radical (unpaired) electrons. The number of ether oxygens (including phenoxy) is 1. The normalized spacial score (nSPS) is 18.6. The Hall–Kier alpha value is -3.08. The van der Waals surface area contributed by atoms with Gasteiger partial charge >= 0.3 is 0 Å². The maximum absolute atomic E-state index is 12.9. The molecule has 1 amide bonds. The number of carbonyl (C=O) groups is 1. The highest BCUT2D eigenvalue weighted by atomic mass is 16.5. The molecular formula is C24H27N3O2.